The normalized spacial score (nSPS) is 15.7. The third-order valence-corrected chi connectivity index (χ3v) is 7.95. The molecule has 1 N–H and O–H groups in total. The molecule has 8 nitrogen and oxygen atoms in total. The molecule has 0 radical (unpaired) electrons. The Bertz CT molecular complexity index is 1240. The summed E-state index contributed by atoms with van der Waals surface area (Å²) in [6.45, 7) is 7.50. The molecule has 0 bridgehead atoms. The topological polar surface area (TPSA) is 92.1 Å². The Morgan fingerprint density at radius 1 is 1.00 bits per heavy atom. The number of sulfonamides is 1. The molecule has 0 amide bonds. The van der Waals surface area contributed by atoms with E-state index < -0.39 is 16.0 Å². The molecule has 1 aromatic heterocycles. The third kappa shape index (κ3) is 5.43. The molecule has 1 aliphatic rings. The maximum absolute atomic E-state index is 13.1. The third-order valence-electron chi connectivity index (χ3n) is 6.03. The highest BCUT2D eigenvalue weighted by Crippen LogP contribution is 2.23. The highest BCUT2D eigenvalue weighted by atomic mass is 32.2. The lowest BCUT2D eigenvalue weighted by molar-refractivity contribution is -0.136. The van der Waals surface area contributed by atoms with E-state index in [1.165, 1.54) is 4.31 Å². The highest BCUT2D eigenvalue weighted by Gasteiger charge is 2.28. The number of benzene rings is 2. The van der Waals surface area contributed by atoms with Gasteiger partial charge in [-0.15, -0.1) is 0 Å². The predicted molar refractivity (Wildman–Crippen MR) is 131 cm³/mol. The lowest BCUT2D eigenvalue weighted by Crippen LogP contribution is -2.49. The summed E-state index contributed by atoms with van der Waals surface area (Å²) in [6, 6.07) is 14.4. The molecule has 34 heavy (non-hydrogen) atoms. The number of nitrogens with zero attached hydrogens (tertiary/aromatic N) is 3. The highest BCUT2D eigenvalue weighted by molar-refractivity contribution is 7.89. The van der Waals surface area contributed by atoms with Crippen LogP contribution < -0.4 is 4.74 Å². The van der Waals surface area contributed by atoms with Crippen LogP contribution in [0.4, 0.5) is 0 Å². The summed E-state index contributed by atoms with van der Waals surface area (Å²) < 4.78 is 35.4. The number of ether oxygens (including phenoxy) is 1. The molecule has 9 heteroatoms. The van der Waals surface area contributed by atoms with Crippen LogP contribution >= 0.6 is 0 Å². The van der Waals surface area contributed by atoms with Gasteiger partial charge in [-0.05, 0) is 49.7 Å². The summed E-state index contributed by atoms with van der Waals surface area (Å²) in [5.41, 5.74) is 1.83. The van der Waals surface area contributed by atoms with Crippen LogP contribution in [0, 0.1) is 0 Å². The number of piperazine rings is 1. The van der Waals surface area contributed by atoms with E-state index >= 15 is 0 Å². The first-order valence-corrected chi connectivity index (χ1v) is 13.0. The first kappa shape index (κ1) is 24.3. The average molecular weight is 486 g/mol. The molecule has 182 valence electrons. The molecule has 3 aromatic rings. The zero-order valence-corrected chi connectivity index (χ0v) is 20.4. The molecule has 0 saturated carbocycles. The van der Waals surface area contributed by atoms with Gasteiger partial charge in [0.05, 0.1) is 17.4 Å². The fourth-order valence-corrected chi connectivity index (χ4v) is 5.79. The van der Waals surface area contributed by atoms with Crippen LogP contribution in [0.5, 0.6) is 5.75 Å². The van der Waals surface area contributed by atoms with E-state index in [9.17, 15) is 18.3 Å². The van der Waals surface area contributed by atoms with Crippen LogP contribution in [-0.2, 0) is 27.8 Å². The van der Waals surface area contributed by atoms with Crippen molar-refractivity contribution in [3.8, 4) is 5.75 Å². The van der Waals surface area contributed by atoms with E-state index in [-0.39, 0.29) is 17.4 Å². The van der Waals surface area contributed by atoms with E-state index in [0.717, 1.165) is 23.0 Å². The van der Waals surface area contributed by atoms with Crippen molar-refractivity contribution in [2.75, 3.05) is 32.7 Å². The number of para-hydroxylation sites is 1. The molecule has 0 spiro atoms. The molecule has 0 unspecified atom stereocenters. The molecular weight excluding hydrogens is 454 g/mol. The van der Waals surface area contributed by atoms with Crippen molar-refractivity contribution >= 4 is 26.9 Å². The minimum absolute atomic E-state index is 0.00534. The van der Waals surface area contributed by atoms with Crippen molar-refractivity contribution < 1.29 is 23.1 Å². The van der Waals surface area contributed by atoms with Gasteiger partial charge >= 0.3 is 5.97 Å². The summed E-state index contributed by atoms with van der Waals surface area (Å²) in [6.07, 6.45) is 1.95. The first-order valence-electron chi connectivity index (χ1n) is 11.5. The molecular formula is C25H31N3O5S. The van der Waals surface area contributed by atoms with Gasteiger partial charge in [0.15, 0.2) is 0 Å². The fraction of sp³-hybridized carbons (Fsp3) is 0.400. The summed E-state index contributed by atoms with van der Waals surface area (Å²) in [5.74, 6) is -0.190. The number of hydrogen-bond donors (Lipinski definition) is 1. The van der Waals surface area contributed by atoms with Gasteiger partial charge in [-0.2, -0.15) is 4.31 Å². The van der Waals surface area contributed by atoms with Crippen LogP contribution in [0.1, 0.15) is 19.4 Å². The van der Waals surface area contributed by atoms with E-state index in [2.05, 4.69) is 9.47 Å². The number of aliphatic carboxylic acids is 1. The van der Waals surface area contributed by atoms with Gasteiger partial charge in [-0.3, -0.25) is 9.69 Å². The Hall–Kier alpha value is -2.88. The standard InChI is InChI=1S/C25H31N3O5S/c1-19(2)33-21-7-9-22(10-8-21)34(31,32)28-15-12-26(13-16-28)11-14-27-18-20(17-25(29)30)23-5-3-4-6-24(23)27/h3-10,18-19H,11-17H2,1-2H3,(H,29,30). The molecule has 2 heterocycles. The smallest absolute Gasteiger partial charge is 0.307 e. The monoisotopic (exact) mass is 485 g/mol. The molecule has 2 aromatic carbocycles. The van der Waals surface area contributed by atoms with Gasteiger partial charge in [0.25, 0.3) is 0 Å². The Labute approximate surface area is 200 Å². The van der Waals surface area contributed by atoms with Gasteiger partial charge in [-0.25, -0.2) is 8.42 Å². The second-order valence-corrected chi connectivity index (χ2v) is 10.8. The summed E-state index contributed by atoms with van der Waals surface area (Å²) >= 11 is 0. The number of fused-ring (bicyclic) bond motifs is 1. The van der Waals surface area contributed by atoms with Gasteiger partial charge < -0.3 is 14.4 Å². The predicted octanol–water partition coefficient (Wildman–Crippen LogP) is 3.06. The van der Waals surface area contributed by atoms with Crippen LogP contribution in [0.3, 0.4) is 0 Å². The van der Waals surface area contributed by atoms with Crippen LogP contribution in [0.15, 0.2) is 59.6 Å². The van der Waals surface area contributed by atoms with Crippen molar-refractivity contribution in [3.05, 3.63) is 60.3 Å². The first-order chi connectivity index (χ1) is 16.2. The van der Waals surface area contributed by atoms with Crippen molar-refractivity contribution in [2.45, 2.75) is 37.8 Å². The second-order valence-electron chi connectivity index (χ2n) is 8.82. The minimum atomic E-state index is -3.54. The summed E-state index contributed by atoms with van der Waals surface area (Å²) in [5, 5.41) is 10.2. The summed E-state index contributed by atoms with van der Waals surface area (Å²) in [4.78, 5) is 13.7. The van der Waals surface area contributed by atoms with E-state index in [1.807, 2.05) is 44.3 Å². The van der Waals surface area contributed by atoms with Crippen molar-refractivity contribution in [1.29, 1.82) is 0 Å². The molecule has 1 aliphatic heterocycles. The zero-order chi connectivity index (χ0) is 24.3. The molecule has 0 atom stereocenters. The lowest BCUT2D eigenvalue weighted by atomic mass is 10.1. The van der Waals surface area contributed by atoms with Gasteiger partial charge in [-0.1, -0.05) is 18.2 Å². The largest absolute Gasteiger partial charge is 0.491 e. The quantitative estimate of drug-likeness (QED) is 0.501. The van der Waals surface area contributed by atoms with Crippen LogP contribution in [-0.4, -0.2) is 72.1 Å². The molecule has 1 saturated heterocycles. The molecule has 1 fully saturated rings. The SMILES string of the molecule is CC(C)Oc1ccc(S(=O)(=O)N2CCN(CCn3cc(CC(=O)O)c4ccccc43)CC2)cc1. The Morgan fingerprint density at radius 3 is 2.32 bits per heavy atom. The molecule has 4 rings (SSSR count). The number of rotatable bonds is 9. The minimum Gasteiger partial charge on any atom is -0.491 e. The van der Waals surface area contributed by atoms with Gasteiger partial charge in [0.2, 0.25) is 10.0 Å². The van der Waals surface area contributed by atoms with Gasteiger partial charge in [0.1, 0.15) is 5.75 Å². The zero-order valence-electron chi connectivity index (χ0n) is 19.6. The number of aromatic nitrogens is 1. The molecule has 0 aliphatic carbocycles. The summed E-state index contributed by atoms with van der Waals surface area (Å²) in [7, 11) is -3.54. The number of hydrogen-bond acceptors (Lipinski definition) is 5. The second kappa shape index (κ2) is 10.2. The van der Waals surface area contributed by atoms with E-state index in [0.29, 0.717) is 38.5 Å². The lowest BCUT2D eigenvalue weighted by Gasteiger charge is -2.34. The fourth-order valence-electron chi connectivity index (χ4n) is 4.37. The van der Waals surface area contributed by atoms with Crippen LogP contribution in [0.2, 0.25) is 0 Å². The van der Waals surface area contributed by atoms with Crippen LogP contribution in [0.25, 0.3) is 10.9 Å². The van der Waals surface area contributed by atoms with Crippen molar-refractivity contribution in [2.24, 2.45) is 0 Å². The van der Waals surface area contributed by atoms with Gasteiger partial charge in [0, 0.05) is 56.4 Å². The van der Waals surface area contributed by atoms with E-state index in [4.69, 9.17) is 4.74 Å². The average Bonchev–Trinajstić information content (AvgIpc) is 3.15. The number of carboxylic acids is 1. The number of carbonyl (C=O) groups is 1. The Kier molecular flexibility index (Phi) is 7.25. The van der Waals surface area contributed by atoms with Crippen molar-refractivity contribution in [1.82, 2.24) is 13.8 Å². The Balaban J connectivity index is 1.36. The number of carboxylic acid groups (broad SMARTS) is 1. The maximum Gasteiger partial charge on any atom is 0.307 e. The Morgan fingerprint density at radius 2 is 1.68 bits per heavy atom. The van der Waals surface area contributed by atoms with Crippen molar-refractivity contribution in [3.63, 3.8) is 0 Å². The maximum atomic E-state index is 13.1. The van der Waals surface area contributed by atoms with E-state index in [1.54, 1.807) is 24.3 Å².